The number of piperidine rings is 1. The van der Waals surface area contributed by atoms with Gasteiger partial charge in [0.05, 0.1) is 30.0 Å². The number of pyridine rings is 1. The van der Waals surface area contributed by atoms with E-state index in [4.69, 9.17) is 36.0 Å². The van der Waals surface area contributed by atoms with E-state index in [1.54, 1.807) is 30.3 Å². The fraction of sp³-hybridized carbons (Fsp3) is 0.522. The minimum absolute atomic E-state index is 0.0259. The Morgan fingerprint density at radius 3 is 1.64 bits per heavy atom. The van der Waals surface area contributed by atoms with E-state index in [1.807, 2.05) is 66.4 Å². The number of terminal acetylenes is 1. The number of carbonyl (C=O) groups excluding carboxylic acids is 6. The van der Waals surface area contributed by atoms with Gasteiger partial charge in [-0.25, -0.2) is 4.98 Å². The molecule has 5 unspecified atom stereocenters. The van der Waals surface area contributed by atoms with E-state index in [-0.39, 0.29) is 75.5 Å². The number of aryl methyl sites for hydroxylation is 2. The number of nitrogens with two attached hydrogens (primary N) is 2. The number of amides is 4. The third-order valence-corrected chi connectivity index (χ3v) is 23.2. The summed E-state index contributed by atoms with van der Waals surface area (Å²) in [6.45, 7) is 20.9. The minimum Gasteiger partial charge on any atom is -0.360 e. The standard InChI is InChI=1S/C28H28N4O3.C25H33N3O3.C19H24N2O2.C18H28N2O2/c1-2-22-13-14-23(17-29-22)30-27(33)21-10-6-9-20(15-21)26(19-7-4-3-5-8-19)31-28(34)24-16-25(35-32-24)18-11-12-18;1-16-3-5-18(6-4-16)14-21(26)25(30)28-11-9-19(10-12-28)17(2)13-23(29)22-15-24(31-27-22)20-7-8-20;1-12-5-7-14(8-6-12)17(19(2,3)4)20-18(22)15-11-16(23-21-15)13-9-10-13;1-17(2)9-13(19)10-18(3,11-17)7-6-15(21)14-8-16(22-20-14)12-4-5-12/h1,6,9-10,13-19,26H,3-5,7-8,11-12H2,(H,30,33)(H,31,34);3-6,15,17,19-21H,7-14,26H2,1-2H3;5-8,11,13,17H,9-10H2,1-4H3,(H,20,22);8,12-13H,4-7,9-11,19H2,1-3H3/t;17?,21-;;/m.1../s1. The first kappa shape index (κ1) is 80.9. The number of hydrogen-bond donors (Lipinski definition) is 5. The fourth-order valence-electron chi connectivity index (χ4n) is 16.4. The second-order valence-corrected chi connectivity index (χ2v) is 35.1. The van der Waals surface area contributed by atoms with Crippen molar-refractivity contribution in [1.29, 1.82) is 0 Å². The van der Waals surface area contributed by atoms with Crippen LogP contribution in [0.15, 0.2) is 133 Å². The summed E-state index contributed by atoms with van der Waals surface area (Å²) in [5, 5.41) is 25.1. The number of hydrogen-bond acceptors (Lipinski definition) is 17. The molecular weight excluding hydrogens is 1400 g/mol. The molecule has 21 nitrogen and oxygen atoms in total. The van der Waals surface area contributed by atoms with Gasteiger partial charge in [0, 0.05) is 85.5 Å². The van der Waals surface area contributed by atoms with Crippen LogP contribution in [-0.2, 0) is 11.2 Å². The molecule has 7 aliphatic rings. The molecule has 7 N–H and O–H groups in total. The number of Topliss-reactive ketones (excluding diaryl/α,β-unsaturated/α-hetero) is 2. The van der Waals surface area contributed by atoms with Gasteiger partial charge in [-0.1, -0.05) is 166 Å². The normalized spacial score (nSPS) is 20.2. The van der Waals surface area contributed by atoms with Crippen molar-refractivity contribution in [3.05, 3.63) is 200 Å². The van der Waals surface area contributed by atoms with Gasteiger partial charge < -0.3 is 50.4 Å². The molecule has 1 saturated heterocycles. The third kappa shape index (κ3) is 22.8. The van der Waals surface area contributed by atoms with Crippen molar-refractivity contribution in [2.24, 2.45) is 45.5 Å². The first-order valence-electron chi connectivity index (χ1n) is 40.4. The van der Waals surface area contributed by atoms with Crippen molar-refractivity contribution < 1.29 is 46.9 Å². The zero-order valence-electron chi connectivity index (χ0n) is 66.3. The van der Waals surface area contributed by atoms with Gasteiger partial charge in [-0.05, 0) is 198 Å². The molecule has 8 aromatic rings. The number of anilines is 1. The molecule has 4 amide bonds. The van der Waals surface area contributed by atoms with E-state index in [2.05, 4.69) is 127 Å². The molecule has 1 aliphatic heterocycles. The van der Waals surface area contributed by atoms with Crippen molar-refractivity contribution in [2.45, 2.75) is 251 Å². The highest BCUT2D eigenvalue weighted by molar-refractivity contribution is 6.04. The first-order chi connectivity index (χ1) is 53.1. The van der Waals surface area contributed by atoms with Gasteiger partial charge in [-0.15, -0.1) is 6.42 Å². The van der Waals surface area contributed by atoms with E-state index in [1.165, 1.54) is 23.7 Å². The summed E-state index contributed by atoms with van der Waals surface area (Å²) in [5.41, 5.74) is 21.5. The summed E-state index contributed by atoms with van der Waals surface area (Å²) in [4.78, 5) is 82.4. The summed E-state index contributed by atoms with van der Waals surface area (Å²) in [7, 11) is 0. The maximum atomic E-state index is 13.1. The quantitative estimate of drug-likeness (QED) is 0.0277. The van der Waals surface area contributed by atoms with Crippen LogP contribution in [0.3, 0.4) is 0 Å². The average Bonchev–Trinajstić information content (AvgIpc) is 1.70. The molecule has 6 saturated carbocycles. The van der Waals surface area contributed by atoms with Crippen LogP contribution in [0.2, 0.25) is 0 Å². The average molecular weight is 1510 g/mol. The van der Waals surface area contributed by atoms with Crippen molar-refractivity contribution >= 4 is 40.9 Å². The van der Waals surface area contributed by atoms with Gasteiger partial charge in [0.25, 0.3) is 17.7 Å². The lowest BCUT2D eigenvalue weighted by Crippen LogP contribution is -2.48. The number of aromatic nitrogens is 5. The molecule has 111 heavy (non-hydrogen) atoms. The Morgan fingerprint density at radius 1 is 0.604 bits per heavy atom. The Balaban J connectivity index is 0.000000140. The Hall–Kier alpha value is -9.65. The number of rotatable bonds is 24. The minimum atomic E-state index is -0.508. The van der Waals surface area contributed by atoms with Gasteiger partial charge in [0.1, 0.15) is 40.1 Å². The second kappa shape index (κ2) is 35.8. The van der Waals surface area contributed by atoms with Crippen molar-refractivity contribution in [3.63, 3.8) is 0 Å². The van der Waals surface area contributed by atoms with E-state index < -0.39 is 6.04 Å². The highest BCUT2D eigenvalue weighted by Gasteiger charge is 2.41. The molecule has 0 spiro atoms. The molecule has 0 radical (unpaired) electrons. The van der Waals surface area contributed by atoms with E-state index in [9.17, 15) is 28.8 Å². The Morgan fingerprint density at radius 2 is 1.13 bits per heavy atom. The van der Waals surface area contributed by atoms with E-state index in [0.717, 1.165) is 155 Å². The fourth-order valence-corrected chi connectivity index (χ4v) is 16.4. The maximum absolute atomic E-state index is 13.1. The van der Waals surface area contributed by atoms with Crippen LogP contribution < -0.4 is 27.4 Å². The zero-order valence-corrected chi connectivity index (χ0v) is 66.3. The van der Waals surface area contributed by atoms with Crippen LogP contribution in [0.4, 0.5) is 5.69 Å². The molecule has 0 bridgehead atoms. The van der Waals surface area contributed by atoms with Gasteiger partial charge in [-0.3, -0.25) is 28.8 Å². The van der Waals surface area contributed by atoms with Gasteiger partial charge in [0.2, 0.25) is 5.91 Å². The lowest BCUT2D eigenvalue weighted by Gasteiger charge is -2.45. The molecule has 3 aromatic carbocycles. The lowest BCUT2D eigenvalue weighted by molar-refractivity contribution is -0.134. The Kier molecular flexibility index (Phi) is 26.1. The predicted octanol–water partition coefficient (Wildman–Crippen LogP) is 17.5. The van der Waals surface area contributed by atoms with Crippen LogP contribution in [0.25, 0.3) is 0 Å². The van der Waals surface area contributed by atoms with E-state index in [0.29, 0.717) is 108 Å². The molecule has 15 rings (SSSR count). The van der Waals surface area contributed by atoms with Crippen LogP contribution in [0, 0.1) is 60.2 Å². The van der Waals surface area contributed by atoms with Gasteiger partial charge in [-0.2, -0.15) is 0 Å². The van der Waals surface area contributed by atoms with Gasteiger partial charge in [0.15, 0.2) is 23.0 Å². The molecule has 588 valence electrons. The Bertz CT molecular complexity index is 4530. The monoisotopic (exact) mass is 1510 g/mol. The smallest absolute Gasteiger partial charge is 0.273 e. The molecular formula is C90H113N11O10. The molecule has 21 heteroatoms. The van der Waals surface area contributed by atoms with Crippen molar-refractivity contribution in [3.8, 4) is 12.3 Å². The van der Waals surface area contributed by atoms with Crippen LogP contribution >= 0.6 is 0 Å². The molecule has 5 aromatic heterocycles. The number of carbonyl (C=O) groups is 6. The summed E-state index contributed by atoms with van der Waals surface area (Å²) in [6, 6.07) is 34.0. The van der Waals surface area contributed by atoms with Crippen LogP contribution in [-0.4, -0.2) is 90.9 Å². The molecule has 6 aliphatic carbocycles. The number of nitrogens with zero attached hydrogens (tertiary/aromatic N) is 6. The number of ketones is 2. The lowest BCUT2D eigenvalue weighted by atomic mass is 9.61. The maximum Gasteiger partial charge on any atom is 0.273 e. The number of likely N-dealkylation sites (tertiary alicyclic amines) is 1. The zero-order chi connectivity index (χ0) is 78.7. The summed E-state index contributed by atoms with van der Waals surface area (Å²) in [5.74, 6) is 8.12. The second-order valence-electron chi connectivity index (χ2n) is 35.1. The Labute approximate surface area is 653 Å². The topological polar surface area (TPSA) is 311 Å². The van der Waals surface area contributed by atoms with Crippen LogP contribution in [0.1, 0.15) is 328 Å². The number of benzene rings is 3. The highest BCUT2D eigenvalue weighted by atomic mass is 16.5. The van der Waals surface area contributed by atoms with Crippen LogP contribution in [0.5, 0.6) is 0 Å². The largest absolute Gasteiger partial charge is 0.360 e. The number of nitrogens with one attached hydrogen (secondary N) is 3. The summed E-state index contributed by atoms with van der Waals surface area (Å²) < 4.78 is 21.3. The SMILES string of the molecule is C#Cc1ccc(NC(=O)c2cccc(C(NC(=O)c3cc(C4CC4)on3)C3CCCCC3)c2)cn1.CC1(C)CC(N)CC(C)(CCC(=O)c2cc(C3CC3)on2)C1.Cc1ccc(C(NC(=O)c2cc(C3CC3)on2)C(C)(C)C)cc1.Cc1ccc(C[C@@H](N)C(=O)N2CCC(C(C)CC(=O)c3cc(C4CC4)on3)CC2)cc1. The van der Waals surface area contributed by atoms with Crippen molar-refractivity contribution in [2.75, 3.05) is 18.4 Å². The highest BCUT2D eigenvalue weighted by Crippen LogP contribution is 2.49. The summed E-state index contributed by atoms with van der Waals surface area (Å²) in [6.07, 6.45) is 28.9. The summed E-state index contributed by atoms with van der Waals surface area (Å²) >= 11 is 0. The molecule has 6 atom stereocenters. The third-order valence-electron chi connectivity index (χ3n) is 23.2. The first-order valence-corrected chi connectivity index (χ1v) is 40.4. The molecule has 7 fully saturated rings. The molecule has 6 heterocycles. The van der Waals surface area contributed by atoms with Gasteiger partial charge >= 0.3 is 0 Å². The van der Waals surface area contributed by atoms with Crippen molar-refractivity contribution in [1.82, 2.24) is 41.1 Å². The van der Waals surface area contributed by atoms with E-state index >= 15 is 0 Å². The predicted molar refractivity (Wildman–Crippen MR) is 426 cm³/mol.